The molecule has 0 fully saturated rings. The first-order valence-corrected chi connectivity index (χ1v) is 13.6. The van der Waals surface area contributed by atoms with Crippen LogP contribution in [0.4, 0.5) is 0 Å². The summed E-state index contributed by atoms with van der Waals surface area (Å²) in [5.74, 6) is 1.34. The zero-order valence-electron chi connectivity index (χ0n) is 22.7. The molecular formula is C30H38N4O4. The number of hydrogen-bond donors (Lipinski definition) is 2. The number of amides is 2. The van der Waals surface area contributed by atoms with Crippen LogP contribution in [0, 0.1) is 0 Å². The van der Waals surface area contributed by atoms with Gasteiger partial charge in [0.05, 0.1) is 31.3 Å². The highest BCUT2D eigenvalue weighted by atomic mass is 16.5. The lowest BCUT2D eigenvalue weighted by atomic mass is 9.94. The van der Waals surface area contributed by atoms with E-state index in [2.05, 4.69) is 28.5 Å². The molecule has 38 heavy (non-hydrogen) atoms. The van der Waals surface area contributed by atoms with Crippen LogP contribution in [0.25, 0.3) is 6.08 Å². The van der Waals surface area contributed by atoms with E-state index in [1.165, 1.54) is 4.90 Å². The van der Waals surface area contributed by atoms with Gasteiger partial charge in [0.1, 0.15) is 11.5 Å². The largest absolute Gasteiger partial charge is 0.494 e. The molecule has 4 aliphatic rings. The molecule has 6 rings (SSSR count). The quantitative estimate of drug-likeness (QED) is 0.584. The minimum absolute atomic E-state index is 0.0189. The maximum absolute atomic E-state index is 13.4. The van der Waals surface area contributed by atoms with E-state index in [1.54, 1.807) is 18.2 Å². The molecule has 8 nitrogen and oxygen atoms in total. The molecule has 0 aromatic heterocycles. The van der Waals surface area contributed by atoms with Gasteiger partial charge in [-0.2, -0.15) is 0 Å². The second kappa shape index (κ2) is 12.2. The van der Waals surface area contributed by atoms with Crippen molar-refractivity contribution in [2.24, 2.45) is 10.7 Å². The first-order chi connectivity index (χ1) is 18.4. The van der Waals surface area contributed by atoms with E-state index in [0.29, 0.717) is 36.3 Å². The predicted octanol–water partition coefficient (Wildman–Crippen LogP) is 4.98. The Kier molecular flexibility index (Phi) is 8.71. The van der Waals surface area contributed by atoms with Crippen molar-refractivity contribution in [1.82, 2.24) is 10.2 Å². The van der Waals surface area contributed by atoms with Crippen molar-refractivity contribution < 1.29 is 19.1 Å². The van der Waals surface area contributed by atoms with Gasteiger partial charge in [0.15, 0.2) is 5.96 Å². The number of benzene rings is 2. The Morgan fingerprint density at radius 2 is 2.00 bits per heavy atom. The number of carbonyl (C=O) groups is 2. The molecule has 2 amide bonds. The Bertz CT molecular complexity index is 1240. The molecule has 0 radical (unpaired) electrons. The molecule has 6 bridgehead atoms. The molecule has 3 unspecified atom stereocenters. The summed E-state index contributed by atoms with van der Waals surface area (Å²) >= 11 is 0. The van der Waals surface area contributed by atoms with Gasteiger partial charge >= 0.3 is 0 Å². The topological polar surface area (TPSA) is 106 Å². The lowest BCUT2D eigenvalue weighted by Gasteiger charge is -2.31. The zero-order valence-corrected chi connectivity index (χ0v) is 22.7. The summed E-state index contributed by atoms with van der Waals surface area (Å²) in [5.41, 5.74) is 9.44. The van der Waals surface area contributed by atoms with Crippen LogP contribution in [-0.2, 0) is 11.3 Å². The van der Waals surface area contributed by atoms with Crippen molar-refractivity contribution in [1.29, 1.82) is 0 Å². The third kappa shape index (κ3) is 6.01. The van der Waals surface area contributed by atoms with Crippen molar-refractivity contribution in [3.05, 3.63) is 64.7 Å². The van der Waals surface area contributed by atoms with Gasteiger partial charge in [-0.3, -0.25) is 14.5 Å². The zero-order chi connectivity index (χ0) is 27.2. The molecule has 8 heteroatoms. The summed E-state index contributed by atoms with van der Waals surface area (Å²) in [6.45, 7) is 8.56. The van der Waals surface area contributed by atoms with Gasteiger partial charge in [-0.1, -0.05) is 32.1 Å². The van der Waals surface area contributed by atoms with E-state index in [1.807, 2.05) is 39.8 Å². The lowest BCUT2D eigenvalue weighted by Crippen LogP contribution is -2.46. The predicted molar refractivity (Wildman–Crippen MR) is 149 cm³/mol. The van der Waals surface area contributed by atoms with Crippen molar-refractivity contribution >= 4 is 23.8 Å². The number of nitrogens with one attached hydrogen (secondary N) is 1. The highest BCUT2D eigenvalue weighted by Gasteiger charge is 2.30. The highest BCUT2D eigenvalue weighted by Crippen LogP contribution is 2.36. The molecule has 4 heterocycles. The van der Waals surface area contributed by atoms with Crippen LogP contribution >= 0.6 is 0 Å². The van der Waals surface area contributed by atoms with Crippen LogP contribution in [0.2, 0.25) is 0 Å². The molecule has 2 aromatic rings. The first kappa shape index (κ1) is 27.2. The van der Waals surface area contributed by atoms with Crippen LogP contribution in [0.5, 0.6) is 11.5 Å². The number of rotatable bonds is 2. The Hall–Kier alpha value is -3.81. The number of carbonyl (C=O) groups excluding carboxylic acids is 2. The molecule has 2 aromatic carbocycles. The van der Waals surface area contributed by atoms with Gasteiger partial charge in [-0.15, -0.1) is 0 Å². The van der Waals surface area contributed by atoms with Crippen LogP contribution in [0.15, 0.2) is 47.5 Å². The van der Waals surface area contributed by atoms with Crippen LogP contribution in [-0.4, -0.2) is 41.4 Å². The maximum atomic E-state index is 13.4. The van der Waals surface area contributed by atoms with E-state index in [0.717, 1.165) is 29.7 Å². The molecule has 0 spiro atoms. The minimum atomic E-state index is -0.196. The van der Waals surface area contributed by atoms with Crippen molar-refractivity contribution in [2.75, 3.05) is 6.61 Å². The van der Waals surface area contributed by atoms with Gasteiger partial charge in [0, 0.05) is 29.5 Å². The average Bonchev–Trinajstić information content (AvgIpc) is 2.90. The normalized spacial score (nSPS) is 23.5. The second-order valence-corrected chi connectivity index (χ2v) is 9.55. The van der Waals surface area contributed by atoms with Gasteiger partial charge in [0.25, 0.3) is 5.91 Å². The fourth-order valence-corrected chi connectivity index (χ4v) is 5.05. The lowest BCUT2D eigenvalue weighted by molar-refractivity contribution is -0.128. The summed E-state index contributed by atoms with van der Waals surface area (Å²) in [4.78, 5) is 32.5. The third-order valence-corrected chi connectivity index (χ3v) is 6.84. The van der Waals surface area contributed by atoms with Crippen LogP contribution in [0.3, 0.4) is 0 Å². The first-order valence-electron chi connectivity index (χ1n) is 13.6. The Morgan fingerprint density at radius 1 is 1.18 bits per heavy atom. The SMILES string of the molecule is CC.CCOc1ccc2cc1CN1C(=O)CC(CC/C=C/c3ccc4c(c3)C(CC(C)O4)NC2=O)N=C1N. The van der Waals surface area contributed by atoms with E-state index in [9.17, 15) is 9.59 Å². The maximum Gasteiger partial charge on any atom is 0.251 e. The molecule has 4 aliphatic heterocycles. The summed E-state index contributed by atoms with van der Waals surface area (Å²) < 4.78 is 11.8. The van der Waals surface area contributed by atoms with Crippen molar-refractivity contribution in [2.45, 2.75) is 78.1 Å². The van der Waals surface area contributed by atoms with E-state index in [4.69, 9.17) is 15.2 Å². The monoisotopic (exact) mass is 518 g/mol. The number of nitrogens with zero attached hydrogens (tertiary/aromatic N) is 2. The Morgan fingerprint density at radius 3 is 2.76 bits per heavy atom. The molecular weight excluding hydrogens is 480 g/mol. The second-order valence-electron chi connectivity index (χ2n) is 9.55. The number of guanidine groups is 1. The molecule has 3 atom stereocenters. The fraction of sp³-hybridized carbons (Fsp3) is 0.433. The Balaban J connectivity index is 0.00000164. The van der Waals surface area contributed by atoms with Gasteiger partial charge in [0.2, 0.25) is 5.91 Å². The average molecular weight is 519 g/mol. The minimum Gasteiger partial charge on any atom is -0.494 e. The van der Waals surface area contributed by atoms with Crippen molar-refractivity contribution in [3.63, 3.8) is 0 Å². The standard InChI is InChI=1S/C28H32N4O4.C2H6/c1-3-35-24-11-9-19-14-20(24)16-32-26(33)15-21(30-28(32)29)7-5-4-6-18-8-10-25-22(13-18)23(31-27(19)34)12-17(2)36-25;1-2/h4,6,8-11,13-14,17,21,23H,3,5,7,12,15-16H2,1-2H3,(H2,29,30)(H,31,34);1-2H3/b6-4+;. The summed E-state index contributed by atoms with van der Waals surface area (Å²) in [7, 11) is 0. The number of ether oxygens (including phenoxy) is 2. The molecule has 0 aliphatic carbocycles. The number of fused-ring (bicyclic) bond motifs is 4. The summed E-state index contributed by atoms with van der Waals surface area (Å²) in [6, 6.07) is 11.0. The van der Waals surface area contributed by atoms with Crippen LogP contribution in [0.1, 0.15) is 86.5 Å². The van der Waals surface area contributed by atoms with Crippen LogP contribution < -0.4 is 20.5 Å². The Labute approximate surface area is 224 Å². The smallest absolute Gasteiger partial charge is 0.251 e. The van der Waals surface area contributed by atoms with Gasteiger partial charge < -0.3 is 20.5 Å². The number of allylic oxidation sites excluding steroid dienone is 1. The molecule has 0 saturated heterocycles. The van der Waals surface area contributed by atoms with E-state index >= 15 is 0 Å². The number of aliphatic imine (C=N–C) groups is 1. The molecule has 3 N–H and O–H groups in total. The van der Waals surface area contributed by atoms with Gasteiger partial charge in [-0.05, 0) is 62.6 Å². The highest BCUT2D eigenvalue weighted by molar-refractivity contribution is 5.99. The number of hydrogen-bond acceptors (Lipinski definition) is 6. The van der Waals surface area contributed by atoms with Gasteiger partial charge in [-0.25, -0.2) is 4.99 Å². The molecule has 202 valence electrons. The summed E-state index contributed by atoms with van der Waals surface area (Å²) in [6.07, 6.45) is 6.61. The van der Waals surface area contributed by atoms with E-state index in [-0.39, 0.29) is 42.5 Å². The fourth-order valence-electron chi connectivity index (χ4n) is 5.05. The molecule has 0 saturated carbocycles. The number of nitrogens with two attached hydrogens (primary N) is 1. The summed E-state index contributed by atoms with van der Waals surface area (Å²) in [5, 5.41) is 3.20. The third-order valence-electron chi connectivity index (χ3n) is 6.84. The van der Waals surface area contributed by atoms with E-state index < -0.39 is 0 Å². The van der Waals surface area contributed by atoms with Crippen molar-refractivity contribution in [3.8, 4) is 11.5 Å².